The Kier molecular flexibility index (Phi) is 6.32. The van der Waals surface area contributed by atoms with Crippen molar-refractivity contribution in [3.63, 3.8) is 0 Å². The zero-order valence-electron chi connectivity index (χ0n) is 21.2. The maximum absolute atomic E-state index is 10.3. The van der Waals surface area contributed by atoms with E-state index in [1.165, 1.54) is 37.7 Å². The minimum atomic E-state index is -0.139. The minimum Gasteiger partial charge on any atom is -0.393 e. The van der Waals surface area contributed by atoms with Crippen LogP contribution in [-0.2, 0) is 0 Å². The molecule has 176 valence electrons. The van der Waals surface area contributed by atoms with Gasteiger partial charge in [0, 0.05) is 5.54 Å². The third-order valence-corrected chi connectivity index (χ3v) is 11.0. The van der Waals surface area contributed by atoms with Gasteiger partial charge in [-0.15, -0.1) is 0 Å². The third kappa shape index (κ3) is 3.68. The van der Waals surface area contributed by atoms with Crippen molar-refractivity contribution in [3.8, 4) is 0 Å². The fourth-order valence-electron chi connectivity index (χ4n) is 9.05. The Hall–Kier alpha value is -0.600. The molecule has 0 heterocycles. The number of hydrogen-bond donors (Lipinski definition) is 2. The van der Waals surface area contributed by atoms with E-state index in [9.17, 15) is 5.11 Å². The van der Waals surface area contributed by atoms with Gasteiger partial charge in [-0.2, -0.15) is 0 Å². The van der Waals surface area contributed by atoms with Crippen LogP contribution in [0.1, 0.15) is 99.3 Å². The van der Waals surface area contributed by atoms with Crippen molar-refractivity contribution < 1.29 is 5.11 Å². The van der Waals surface area contributed by atoms with Crippen LogP contribution in [0, 0.1) is 46.3 Å². The van der Waals surface area contributed by atoms with Crippen molar-refractivity contribution in [3.05, 3.63) is 23.8 Å². The molecule has 9 atom stereocenters. The van der Waals surface area contributed by atoms with Gasteiger partial charge in [-0.1, -0.05) is 65.3 Å². The van der Waals surface area contributed by atoms with E-state index >= 15 is 0 Å². The topological polar surface area (TPSA) is 46.2 Å². The summed E-state index contributed by atoms with van der Waals surface area (Å²) < 4.78 is 0. The van der Waals surface area contributed by atoms with E-state index in [1.807, 2.05) is 0 Å². The molecule has 0 saturated heterocycles. The molecule has 1 unspecified atom stereocenters. The molecule has 2 heteroatoms. The predicted octanol–water partition coefficient (Wildman–Crippen LogP) is 6.88. The normalized spacial score (nSPS) is 46.9. The van der Waals surface area contributed by atoms with Gasteiger partial charge < -0.3 is 10.8 Å². The summed E-state index contributed by atoms with van der Waals surface area (Å²) in [4.78, 5) is 0. The molecule has 0 spiro atoms. The number of aliphatic hydroxyl groups is 1. The molecule has 0 bridgehead atoms. The van der Waals surface area contributed by atoms with Crippen LogP contribution in [0.2, 0.25) is 0 Å². The predicted molar refractivity (Wildman–Crippen MR) is 132 cm³/mol. The summed E-state index contributed by atoms with van der Waals surface area (Å²) in [5.74, 6) is 4.03. The van der Waals surface area contributed by atoms with Crippen LogP contribution in [0.25, 0.3) is 0 Å². The van der Waals surface area contributed by atoms with Gasteiger partial charge in [0.05, 0.1) is 6.10 Å². The Labute approximate surface area is 192 Å². The summed E-state index contributed by atoms with van der Waals surface area (Å²) in [7, 11) is 0. The molecule has 0 radical (unpaired) electrons. The number of hydrogen-bond acceptors (Lipinski definition) is 2. The molecule has 31 heavy (non-hydrogen) atoms. The summed E-state index contributed by atoms with van der Waals surface area (Å²) in [5, 5.41) is 10.3. The van der Waals surface area contributed by atoms with Gasteiger partial charge in [0.15, 0.2) is 0 Å². The maximum Gasteiger partial charge on any atom is 0.0577 e. The molecule has 3 fully saturated rings. The van der Waals surface area contributed by atoms with Crippen molar-refractivity contribution in [1.82, 2.24) is 0 Å². The summed E-state index contributed by atoms with van der Waals surface area (Å²) in [6.45, 7) is 14.6. The van der Waals surface area contributed by atoms with E-state index in [0.29, 0.717) is 29.1 Å². The zero-order valence-corrected chi connectivity index (χ0v) is 21.2. The fraction of sp³-hybridized carbons (Fsp3) is 0.862. The van der Waals surface area contributed by atoms with E-state index in [-0.39, 0.29) is 17.1 Å². The van der Waals surface area contributed by atoms with Crippen molar-refractivity contribution in [1.29, 1.82) is 0 Å². The highest BCUT2D eigenvalue weighted by atomic mass is 16.3. The van der Waals surface area contributed by atoms with Crippen LogP contribution in [0.5, 0.6) is 0 Å². The molecule has 4 aliphatic rings. The lowest BCUT2D eigenvalue weighted by Gasteiger charge is -2.63. The van der Waals surface area contributed by atoms with Crippen LogP contribution in [0.3, 0.4) is 0 Å². The SMILES string of the molecule is CC[C@H](/C=C/[C@@H](C)[C@H]1CCC2[C@]1(C)CC[C@H]1[C@@]3(C)CC[C@H](O)CC3=CC[C@@]21N)C(C)C. The minimum absolute atomic E-state index is 0.0599. The maximum atomic E-state index is 10.3. The fourth-order valence-corrected chi connectivity index (χ4v) is 9.05. The molecule has 3 saturated carbocycles. The van der Waals surface area contributed by atoms with Gasteiger partial charge in [0.25, 0.3) is 0 Å². The van der Waals surface area contributed by atoms with Gasteiger partial charge in [0.1, 0.15) is 0 Å². The highest BCUT2D eigenvalue weighted by Crippen LogP contribution is 2.67. The molecular formula is C29H49NO. The van der Waals surface area contributed by atoms with E-state index in [1.54, 1.807) is 0 Å². The number of fused-ring (bicyclic) bond motifs is 5. The first-order chi connectivity index (χ1) is 14.6. The van der Waals surface area contributed by atoms with Crippen molar-refractivity contribution in [2.45, 2.75) is 111 Å². The Bertz CT molecular complexity index is 724. The van der Waals surface area contributed by atoms with E-state index < -0.39 is 0 Å². The van der Waals surface area contributed by atoms with Crippen molar-refractivity contribution >= 4 is 0 Å². The Morgan fingerprint density at radius 1 is 1.06 bits per heavy atom. The van der Waals surface area contributed by atoms with Gasteiger partial charge in [-0.3, -0.25) is 0 Å². The summed E-state index contributed by atoms with van der Waals surface area (Å²) in [5.41, 5.74) is 9.52. The number of rotatable bonds is 5. The molecule has 0 amide bonds. The molecule has 0 aromatic rings. The Morgan fingerprint density at radius 2 is 1.81 bits per heavy atom. The second-order valence-electron chi connectivity index (χ2n) is 12.8. The second kappa shape index (κ2) is 8.32. The molecule has 0 aromatic heterocycles. The number of nitrogens with two attached hydrogens (primary N) is 1. The van der Waals surface area contributed by atoms with Crippen molar-refractivity contribution in [2.24, 2.45) is 52.1 Å². The lowest BCUT2D eigenvalue weighted by molar-refractivity contribution is -0.0711. The average molecular weight is 428 g/mol. The van der Waals surface area contributed by atoms with Crippen LogP contribution in [-0.4, -0.2) is 16.7 Å². The monoisotopic (exact) mass is 427 g/mol. The first-order valence-corrected chi connectivity index (χ1v) is 13.4. The second-order valence-corrected chi connectivity index (χ2v) is 12.8. The summed E-state index contributed by atoms with van der Waals surface area (Å²) in [6, 6.07) is 0. The number of aliphatic hydroxyl groups excluding tert-OH is 1. The zero-order chi connectivity index (χ0) is 22.6. The smallest absolute Gasteiger partial charge is 0.0577 e. The Morgan fingerprint density at radius 3 is 2.48 bits per heavy atom. The van der Waals surface area contributed by atoms with Gasteiger partial charge in [-0.25, -0.2) is 0 Å². The van der Waals surface area contributed by atoms with Gasteiger partial charge in [0.2, 0.25) is 0 Å². The summed E-state index contributed by atoms with van der Waals surface area (Å²) >= 11 is 0. The quantitative estimate of drug-likeness (QED) is 0.470. The first-order valence-electron chi connectivity index (χ1n) is 13.4. The van der Waals surface area contributed by atoms with Gasteiger partial charge >= 0.3 is 0 Å². The van der Waals surface area contributed by atoms with E-state index in [2.05, 4.69) is 59.8 Å². The molecule has 4 aliphatic carbocycles. The van der Waals surface area contributed by atoms with Crippen LogP contribution in [0.15, 0.2) is 23.8 Å². The molecule has 2 nitrogen and oxygen atoms in total. The standard InChI is InChI=1S/C29H49NO/c1-7-21(19(2)3)9-8-20(4)24-10-11-25-28(24,6)16-14-26-27(5)15-13-23(31)18-22(27)12-17-29(25,26)30/h8-9,12,19-21,23-26,31H,7,10-11,13-18,30H2,1-6H3/b9-8+/t20-,21-,23+,24-,25?,26+,27+,28-,29-/m1/s1. The number of allylic oxidation sites excluding steroid dienone is 2. The molecule has 0 aromatic carbocycles. The first kappa shape index (κ1) is 23.6. The van der Waals surface area contributed by atoms with E-state index in [0.717, 1.165) is 37.5 Å². The van der Waals surface area contributed by atoms with E-state index in [4.69, 9.17) is 5.73 Å². The van der Waals surface area contributed by atoms with Crippen LogP contribution in [0.4, 0.5) is 0 Å². The molecule has 0 aliphatic heterocycles. The molecular weight excluding hydrogens is 378 g/mol. The Balaban J connectivity index is 1.57. The molecule has 3 N–H and O–H groups in total. The van der Waals surface area contributed by atoms with Gasteiger partial charge in [-0.05, 0) is 104 Å². The largest absolute Gasteiger partial charge is 0.393 e. The highest BCUT2D eigenvalue weighted by Gasteiger charge is 2.64. The van der Waals surface area contributed by atoms with Crippen LogP contribution < -0.4 is 5.73 Å². The summed E-state index contributed by atoms with van der Waals surface area (Å²) in [6.07, 6.45) is 17.9. The van der Waals surface area contributed by atoms with Crippen molar-refractivity contribution in [2.75, 3.05) is 0 Å². The lowest BCUT2D eigenvalue weighted by Crippen LogP contribution is -2.66. The van der Waals surface area contributed by atoms with Crippen LogP contribution >= 0.6 is 0 Å². The average Bonchev–Trinajstić information content (AvgIpc) is 3.07. The molecule has 4 rings (SSSR count). The highest BCUT2D eigenvalue weighted by molar-refractivity contribution is 5.30. The third-order valence-electron chi connectivity index (χ3n) is 11.0. The lowest BCUT2D eigenvalue weighted by atomic mass is 9.44.